The third kappa shape index (κ3) is 1.72. The molecule has 1 aromatic heterocycles. The molecular formula is C9H8BrNO2. The average Bonchev–Trinajstić information content (AvgIpc) is 2.87. The highest BCUT2D eigenvalue weighted by Crippen LogP contribution is 2.40. The van der Waals surface area contributed by atoms with Crippen LogP contribution in [0.4, 0.5) is 0 Å². The molecule has 0 aliphatic heterocycles. The van der Waals surface area contributed by atoms with Gasteiger partial charge in [-0.05, 0) is 46.3 Å². The molecule has 1 aliphatic rings. The van der Waals surface area contributed by atoms with Crippen molar-refractivity contribution in [1.29, 1.82) is 0 Å². The van der Waals surface area contributed by atoms with Crippen LogP contribution >= 0.6 is 15.9 Å². The molecule has 3 nitrogen and oxygen atoms in total. The lowest BCUT2D eigenvalue weighted by molar-refractivity contribution is 0.0695. The first-order valence-corrected chi connectivity index (χ1v) is 4.86. The number of carbonyl (C=O) groups is 1. The lowest BCUT2D eigenvalue weighted by atomic mass is 10.1. The third-order valence-electron chi connectivity index (χ3n) is 2.14. The van der Waals surface area contributed by atoms with Crippen molar-refractivity contribution in [3.63, 3.8) is 0 Å². The maximum absolute atomic E-state index is 10.7. The number of pyridine rings is 1. The Bertz CT molecular complexity index is 361. The van der Waals surface area contributed by atoms with E-state index in [9.17, 15) is 4.79 Å². The highest BCUT2D eigenvalue weighted by Gasteiger charge is 2.25. The first kappa shape index (κ1) is 8.69. The van der Waals surface area contributed by atoms with Crippen molar-refractivity contribution >= 4 is 21.9 Å². The van der Waals surface area contributed by atoms with Gasteiger partial charge in [-0.2, -0.15) is 0 Å². The SMILES string of the molecule is O=C(O)c1cc(C2CC2)cnc1Br. The lowest BCUT2D eigenvalue weighted by Gasteiger charge is -2.01. The lowest BCUT2D eigenvalue weighted by Crippen LogP contribution is -2.00. The van der Waals surface area contributed by atoms with E-state index < -0.39 is 5.97 Å². The average molecular weight is 242 g/mol. The van der Waals surface area contributed by atoms with Gasteiger partial charge in [0.2, 0.25) is 0 Å². The Labute approximate surface area is 83.9 Å². The van der Waals surface area contributed by atoms with Crippen molar-refractivity contribution in [3.05, 3.63) is 28.0 Å². The predicted molar refractivity (Wildman–Crippen MR) is 50.9 cm³/mol. The van der Waals surface area contributed by atoms with Crippen LogP contribution in [0.5, 0.6) is 0 Å². The Morgan fingerprint density at radius 1 is 1.62 bits per heavy atom. The second-order valence-corrected chi connectivity index (χ2v) is 3.94. The van der Waals surface area contributed by atoms with Gasteiger partial charge in [-0.25, -0.2) is 9.78 Å². The van der Waals surface area contributed by atoms with Crippen LogP contribution in [0.15, 0.2) is 16.9 Å². The van der Waals surface area contributed by atoms with Crippen LogP contribution in [0.25, 0.3) is 0 Å². The van der Waals surface area contributed by atoms with Crippen molar-refractivity contribution in [1.82, 2.24) is 4.98 Å². The molecule has 68 valence electrons. The van der Waals surface area contributed by atoms with Gasteiger partial charge in [0, 0.05) is 6.20 Å². The van der Waals surface area contributed by atoms with Gasteiger partial charge in [-0.3, -0.25) is 0 Å². The van der Waals surface area contributed by atoms with E-state index in [2.05, 4.69) is 20.9 Å². The number of halogens is 1. The van der Waals surface area contributed by atoms with Gasteiger partial charge < -0.3 is 5.11 Å². The topological polar surface area (TPSA) is 50.2 Å². The Morgan fingerprint density at radius 3 is 2.85 bits per heavy atom. The van der Waals surface area contributed by atoms with E-state index in [-0.39, 0.29) is 5.56 Å². The van der Waals surface area contributed by atoms with Gasteiger partial charge in [-0.15, -0.1) is 0 Å². The third-order valence-corrected chi connectivity index (χ3v) is 2.77. The molecule has 0 amide bonds. The van der Waals surface area contributed by atoms with E-state index >= 15 is 0 Å². The summed E-state index contributed by atoms with van der Waals surface area (Å²) >= 11 is 3.11. The van der Waals surface area contributed by atoms with E-state index in [1.54, 1.807) is 12.3 Å². The molecular weight excluding hydrogens is 234 g/mol. The minimum Gasteiger partial charge on any atom is -0.478 e. The van der Waals surface area contributed by atoms with Crippen molar-refractivity contribution < 1.29 is 9.90 Å². The second kappa shape index (κ2) is 3.10. The first-order chi connectivity index (χ1) is 6.18. The van der Waals surface area contributed by atoms with Crippen molar-refractivity contribution in [2.75, 3.05) is 0 Å². The van der Waals surface area contributed by atoms with E-state index in [4.69, 9.17) is 5.11 Å². The van der Waals surface area contributed by atoms with E-state index in [1.165, 1.54) is 0 Å². The minimum atomic E-state index is -0.929. The van der Waals surface area contributed by atoms with E-state index in [0.717, 1.165) is 18.4 Å². The fourth-order valence-electron chi connectivity index (χ4n) is 1.25. The molecule has 1 heterocycles. The molecule has 0 saturated heterocycles. The highest BCUT2D eigenvalue weighted by molar-refractivity contribution is 9.10. The predicted octanol–water partition coefficient (Wildman–Crippen LogP) is 2.42. The number of carboxylic acids is 1. The molecule has 0 atom stereocenters. The largest absolute Gasteiger partial charge is 0.478 e. The van der Waals surface area contributed by atoms with Gasteiger partial charge in [-0.1, -0.05) is 0 Å². The molecule has 0 bridgehead atoms. The number of nitrogens with zero attached hydrogens (tertiary/aromatic N) is 1. The number of hydrogen-bond donors (Lipinski definition) is 1. The zero-order chi connectivity index (χ0) is 9.42. The summed E-state index contributed by atoms with van der Waals surface area (Å²) < 4.78 is 0.407. The zero-order valence-electron chi connectivity index (χ0n) is 6.83. The maximum atomic E-state index is 10.7. The number of carboxylic acid groups (broad SMARTS) is 1. The van der Waals surface area contributed by atoms with Crippen LogP contribution in [0.1, 0.15) is 34.7 Å². The highest BCUT2D eigenvalue weighted by atomic mass is 79.9. The molecule has 13 heavy (non-hydrogen) atoms. The number of hydrogen-bond acceptors (Lipinski definition) is 2. The number of rotatable bonds is 2. The summed E-state index contributed by atoms with van der Waals surface area (Å²) in [7, 11) is 0. The summed E-state index contributed by atoms with van der Waals surface area (Å²) in [5, 5.41) is 8.82. The van der Waals surface area contributed by atoms with E-state index in [1.807, 2.05) is 0 Å². The van der Waals surface area contributed by atoms with Crippen LogP contribution in [-0.2, 0) is 0 Å². The second-order valence-electron chi connectivity index (χ2n) is 3.19. The summed E-state index contributed by atoms with van der Waals surface area (Å²) in [6, 6.07) is 1.71. The molecule has 1 fully saturated rings. The Kier molecular flexibility index (Phi) is 2.07. The fraction of sp³-hybridized carbons (Fsp3) is 0.333. The van der Waals surface area contributed by atoms with Crippen LogP contribution in [0.2, 0.25) is 0 Å². The molecule has 0 radical (unpaired) electrons. The van der Waals surface area contributed by atoms with Crippen molar-refractivity contribution in [2.45, 2.75) is 18.8 Å². The van der Waals surface area contributed by atoms with Gasteiger partial charge in [0.25, 0.3) is 0 Å². The molecule has 0 unspecified atom stereocenters. The molecule has 0 spiro atoms. The monoisotopic (exact) mass is 241 g/mol. The summed E-state index contributed by atoms with van der Waals surface area (Å²) in [4.78, 5) is 14.7. The Balaban J connectivity index is 2.41. The molecule has 0 aromatic carbocycles. The van der Waals surface area contributed by atoms with E-state index in [0.29, 0.717) is 10.5 Å². The standard InChI is InChI=1S/C9H8BrNO2/c10-8-7(9(12)13)3-6(4-11-8)5-1-2-5/h3-5H,1-2H2,(H,12,13). The molecule has 2 rings (SSSR count). The summed E-state index contributed by atoms with van der Waals surface area (Å²) in [6.45, 7) is 0. The molecule has 1 saturated carbocycles. The van der Waals surface area contributed by atoms with Gasteiger partial charge in [0.1, 0.15) is 4.60 Å². The number of aromatic nitrogens is 1. The Hall–Kier alpha value is -0.900. The van der Waals surface area contributed by atoms with Gasteiger partial charge in [0.05, 0.1) is 5.56 Å². The summed E-state index contributed by atoms with van der Waals surface area (Å²) in [5.41, 5.74) is 1.30. The quantitative estimate of drug-likeness (QED) is 0.810. The normalized spacial score (nSPS) is 15.8. The fourth-order valence-corrected chi connectivity index (χ4v) is 1.64. The molecule has 1 aromatic rings. The van der Waals surface area contributed by atoms with Gasteiger partial charge in [0.15, 0.2) is 0 Å². The first-order valence-electron chi connectivity index (χ1n) is 4.07. The van der Waals surface area contributed by atoms with Crippen molar-refractivity contribution in [2.24, 2.45) is 0 Å². The van der Waals surface area contributed by atoms with Crippen LogP contribution in [-0.4, -0.2) is 16.1 Å². The van der Waals surface area contributed by atoms with Gasteiger partial charge >= 0.3 is 5.97 Å². The van der Waals surface area contributed by atoms with Crippen molar-refractivity contribution in [3.8, 4) is 0 Å². The van der Waals surface area contributed by atoms with Crippen LogP contribution < -0.4 is 0 Å². The summed E-state index contributed by atoms with van der Waals surface area (Å²) in [6.07, 6.45) is 4.05. The van der Waals surface area contributed by atoms with Crippen LogP contribution in [0.3, 0.4) is 0 Å². The Morgan fingerprint density at radius 2 is 2.31 bits per heavy atom. The van der Waals surface area contributed by atoms with Crippen LogP contribution in [0, 0.1) is 0 Å². The number of aromatic carboxylic acids is 1. The molecule has 1 aliphatic carbocycles. The summed E-state index contributed by atoms with van der Waals surface area (Å²) in [5.74, 6) is -0.388. The zero-order valence-corrected chi connectivity index (χ0v) is 8.41. The smallest absolute Gasteiger partial charge is 0.338 e. The maximum Gasteiger partial charge on any atom is 0.338 e. The molecule has 1 N–H and O–H groups in total. The minimum absolute atomic E-state index is 0.254. The molecule has 4 heteroatoms.